The molecule has 0 aromatic carbocycles. The Bertz CT molecular complexity index is 1030. The van der Waals surface area contributed by atoms with Gasteiger partial charge in [-0.2, -0.15) is 0 Å². The molecule has 0 amide bonds. The Hall–Kier alpha value is -1.10. The fourth-order valence-electron chi connectivity index (χ4n) is 12.6. The molecule has 0 spiro atoms. The average Bonchev–Trinajstić information content (AvgIpc) is 3.19. The first-order valence-electron chi connectivity index (χ1n) is 16.1. The maximum Gasteiger partial charge on any atom is 0.306 e. The Labute approximate surface area is 236 Å². The number of carboxylic acid groups (broad SMARTS) is 1. The molecule has 1 N–H and O–H groups in total. The van der Waals surface area contributed by atoms with Crippen LogP contribution in [-0.4, -0.2) is 35.9 Å². The normalized spacial score (nSPS) is 51.1. The number of carbonyl (C=O) groups excluding carboxylic acids is 1. The molecule has 1 heterocycles. The largest absolute Gasteiger partial charge is 0.481 e. The molecule has 39 heavy (non-hydrogen) atoms. The van der Waals surface area contributed by atoms with E-state index in [2.05, 4.69) is 48.5 Å². The van der Waals surface area contributed by atoms with Gasteiger partial charge in [0.2, 0.25) is 0 Å². The zero-order valence-corrected chi connectivity index (χ0v) is 25.7. The van der Waals surface area contributed by atoms with E-state index in [9.17, 15) is 9.59 Å². The third kappa shape index (κ3) is 3.72. The van der Waals surface area contributed by atoms with Crippen molar-refractivity contribution < 1.29 is 24.2 Å². The van der Waals surface area contributed by atoms with E-state index < -0.39 is 5.97 Å². The highest BCUT2D eigenvalue weighted by atomic mass is 16.5. The summed E-state index contributed by atoms with van der Waals surface area (Å²) in [5, 5.41) is 9.00. The smallest absolute Gasteiger partial charge is 0.306 e. The third-order valence-corrected chi connectivity index (χ3v) is 14.9. The van der Waals surface area contributed by atoms with Crippen molar-refractivity contribution in [2.75, 3.05) is 6.61 Å². The van der Waals surface area contributed by atoms with Gasteiger partial charge in [-0.1, -0.05) is 48.5 Å². The number of aliphatic carboxylic acids is 1. The van der Waals surface area contributed by atoms with E-state index >= 15 is 0 Å². The number of carbonyl (C=O) groups is 2. The highest BCUT2D eigenvalue weighted by Gasteiger charge is 2.72. The molecule has 6 rings (SSSR count). The van der Waals surface area contributed by atoms with Gasteiger partial charge < -0.3 is 14.6 Å². The number of hydrogen-bond donors (Lipinski definition) is 1. The average molecular weight is 543 g/mol. The minimum Gasteiger partial charge on any atom is -0.481 e. The first-order chi connectivity index (χ1) is 18.1. The number of esters is 1. The quantitative estimate of drug-likeness (QED) is 0.369. The van der Waals surface area contributed by atoms with Gasteiger partial charge in [0.1, 0.15) is 6.10 Å². The van der Waals surface area contributed by atoms with Crippen molar-refractivity contribution in [2.45, 2.75) is 138 Å². The molecule has 10 atom stereocenters. The predicted molar refractivity (Wildman–Crippen MR) is 151 cm³/mol. The maximum absolute atomic E-state index is 12.5. The van der Waals surface area contributed by atoms with Gasteiger partial charge in [0.25, 0.3) is 0 Å². The molecule has 5 saturated carbocycles. The lowest BCUT2D eigenvalue weighted by Crippen LogP contribution is -2.67. The summed E-state index contributed by atoms with van der Waals surface area (Å²) in [5.74, 6) is 1.40. The molecule has 0 aromatic rings. The van der Waals surface area contributed by atoms with Gasteiger partial charge in [0.05, 0.1) is 25.6 Å². The van der Waals surface area contributed by atoms with Gasteiger partial charge in [0, 0.05) is 5.41 Å². The Morgan fingerprint density at radius 1 is 0.795 bits per heavy atom. The lowest BCUT2D eigenvalue weighted by molar-refractivity contribution is -0.254. The lowest BCUT2D eigenvalue weighted by atomic mass is 9.31. The van der Waals surface area contributed by atoms with Crippen LogP contribution >= 0.6 is 0 Å². The van der Waals surface area contributed by atoms with Crippen molar-refractivity contribution in [3.8, 4) is 0 Å². The molecule has 5 heteroatoms. The first-order valence-corrected chi connectivity index (χ1v) is 16.1. The molecular formula is C34H54O5. The maximum atomic E-state index is 12.5. The van der Waals surface area contributed by atoms with Crippen molar-refractivity contribution in [2.24, 2.45) is 56.2 Å². The molecule has 6 fully saturated rings. The van der Waals surface area contributed by atoms with Crippen LogP contribution in [0.2, 0.25) is 0 Å². The summed E-state index contributed by atoms with van der Waals surface area (Å²) < 4.78 is 12.7. The van der Waals surface area contributed by atoms with Crippen LogP contribution in [0.25, 0.3) is 0 Å². The van der Waals surface area contributed by atoms with Crippen LogP contribution < -0.4 is 0 Å². The summed E-state index contributed by atoms with van der Waals surface area (Å²) in [6.07, 6.45) is 12.6. The second-order valence-corrected chi connectivity index (χ2v) is 17.0. The van der Waals surface area contributed by atoms with E-state index in [-0.39, 0.29) is 41.2 Å². The second kappa shape index (κ2) is 8.71. The van der Waals surface area contributed by atoms with Gasteiger partial charge in [-0.3, -0.25) is 9.59 Å². The highest BCUT2D eigenvalue weighted by molar-refractivity contribution is 5.76. The summed E-state index contributed by atoms with van der Waals surface area (Å²) in [6, 6.07) is 0. The number of carboxylic acids is 1. The van der Waals surface area contributed by atoms with Gasteiger partial charge in [-0.15, -0.1) is 0 Å². The Kier molecular flexibility index (Phi) is 6.26. The molecule has 220 valence electrons. The summed E-state index contributed by atoms with van der Waals surface area (Å²) in [4.78, 5) is 23.5. The molecular weight excluding hydrogens is 488 g/mol. The minimum absolute atomic E-state index is 0.0333. The van der Waals surface area contributed by atoms with E-state index in [0.717, 1.165) is 31.3 Å². The Balaban J connectivity index is 1.27. The van der Waals surface area contributed by atoms with E-state index in [1.54, 1.807) is 0 Å². The van der Waals surface area contributed by atoms with Gasteiger partial charge >= 0.3 is 11.9 Å². The van der Waals surface area contributed by atoms with Crippen LogP contribution in [0.4, 0.5) is 0 Å². The SMILES string of the molecule is CC1(C)CCC23CC[C@]4(C)C(CCC5[C@@]6(C)CCC(OC(=O)CCC(=O)O)C(C)(C)C6CC[C@]54C)C2C1OC3. The summed E-state index contributed by atoms with van der Waals surface area (Å²) in [5.41, 5.74) is 1.52. The van der Waals surface area contributed by atoms with Crippen LogP contribution in [0.1, 0.15) is 126 Å². The van der Waals surface area contributed by atoms with E-state index in [1.165, 1.54) is 51.4 Å². The molecule has 1 aliphatic heterocycles. The number of hydrogen-bond acceptors (Lipinski definition) is 4. The van der Waals surface area contributed by atoms with Crippen LogP contribution in [0.5, 0.6) is 0 Å². The highest BCUT2D eigenvalue weighted by Crippen LogP contribution is 2.78. The first kappa shape index (κ1) is 28.0. The third-order valence-electron chi connectivity index (χ3n) is 14.9. The fraction of sp³-hybridized carbons (Fsp3) is 0.941. The summed E-state index contributed by atoms with van der Waals surface area (Å²) in [7, 11) is 0. The Morgan fingerprint density at radius 3 is 2.23 bits per heavy atom. The van der Waals surface area contributed by atoms with Crippen molar-refractivity contribution in [3.63, 3.8) is 0 Å². The number of fused-ring (bicyclic) bond motifs is 5. The van der Waals surface area contributed by atoms with Gasteiger partial charge in [-0.05, 0) is 115 Å². The minimum atomic E-state index is -0.942. The summed E-state index contributed by atoms with van der Waals surface area (Å²) >= 11 is 0. The molecule has 0 radical (unpaired) electrons. The number of ether oxygens (including phenoxy) is 2. The molecule has 5 aliphatic carbocycles. The molecule has 2 bridgehead atoms. The molecule has 7 unspecified atom stereocenters. The van der Waals surface area contributed by atoms with Crippen LogP contribution in [0, 0.1) is 56.2 Å². The van der Waals surface area contributed by atoms with Crippen molar-refractivity contribution >= 4 is 11.9 Å². The van der Waals surface area contributed by atoms with Crippen LogP contribution in [-0.2, 0) is 19.1 Å². The lowest BCUT2D eigenvalue weighted by Gasteiger charge is -2.73. The van der Waals surface area contributed by atoms with E-state index in [4.69, 9.17) is 14.6 Å². The van der Waals surface area contributed by atoms with E-state index in [0.29, 0.717) is 34.2 Å². The zero-order chi connectivity index (χ0) is 28.2. The fourth-order valence-corrected chi connectivity index (χ4v) is 12.6. The topological polar surface area (TPSA) is 72.8 Å². The molecule has 5 nitrogen and oxygen atoms in total. The van der Waals surface area contributed by atoms with Crippen LogP contribution in [0.3, 0.4) is 0 Å². The van der Waals surface area contributed by atoms with Crippen LogP contribution in [0.15, 0.2) is 0 Å². The molecule has 6 aliphatic rings. The Morgan fingerprint density at radius 2 is 1.51 bits per heavy atom. The van der Waals surface area contributed by atoms with Crippen molar-refractivity contribution in [3.05, 3.63) is 0 Å². The van der Waals surface area contributed by atoms with Crippen molar-refractivity contribution in [1.29, 1.82) is 0 Å². The zero-order valence-electron chi connectivity index (χ0n) is 25.7. The standard InChI is InChI=1S/C34H54O5/c1-29(2)16-18-34-19-17-32(6)21(27(34)28(29)38-20-34)8-9-23-31(5)14-13-24(39-26(37)11-10-25(35)36)30(3,4)22(31)12-15-33(23,32)7/h21-24,27-28H,8-20H2,1-7H3,(H,35,36)/t21?,22?,23?,24?,27?,28?,31-,32+,33+,34?/m0/s1. The predicted octanol–water partition coefficient (Wildman–Crippen LogP) is 7.65. The summed E-state index contributed by atoms with van der Waals surface area (Å²) in [6.45, 7) is 18.6. The van der Waals surface area contributed by atoms with Crippen molar-refractivity contribution in [1.82, 2.24) is 0 Å². The molecule has 1 saturated heterocycles. The van der Waals surface area contributed by atoms with Gasteiger partial charge in [0.15, 0.2) is 0 Å². The monoisotopic (exact) mass is 542 g/mol. The van der Waals surface area contributed by atoms with Gasteiger partial charge in [-0.25, -0.2) is 0 Å². The molecule has 0 aromatic heterocycles. The number of rotatable bonds is 4. The van der Waals surface area contributed by atoms with E-state index in [1.807, 2.05) is 0 Å². The second-order valence-electron chi connectivity index (χ2n) is 17.0.